The molecule has 3 atom stereocenters. The summed E-state index contributed by atoms with van der Waals surface area (Å²) in [5, 5.41) is 13.9. The summed E-state index contributed by atoms with van der Waals surface area (Å²) in [4.78, 5) is 20.5. The van der Waals surface area contributed by atoms with Crippen LogP contribution < -0.4 is 5.32 Å². The Labute approximate surface area is 175 Å². The number of anilines is 1. The molecule has 1 aliphatic heterocycles. The number of phenolic OH excluding ortho intramolecular Hbond substituents is 1. The van der Waals surface area contributed by atoms with Crippen LogP contribution in [-0.2, 0) is 29.5 Å². The van der Waals surface area contributed by atoms with E-state index in [1.807, 2.05) is 12.1 Å². The zero-order chi connectivity index (χ0) is 19.8. The van der Waals surface area contributed by atoms with Crippen molar-refractivity contribution in [2.45, 2.75) is 56.9 Å². The lowest BCUT2D eigenvalue weighted by Gasteiger charge is -2.58. The quantitative estimate of drug-likeness (QED) is 0.814. The lowest BCUT2D eigenvalue weighted by molar-refractivity contribution is -0.114. The Bertz CT molecular complexity index is 998. The summed E-state index contributed by atoms with van der Waals surface area (Å²) < 4.78 is 0. The van der Waals surface area contributed by atoms with E-state index in [1.54, 1.807) is 18.3 Å². The third-order valence-electron chi connectivity index (χ3n) is 7.69. The molecule has 0 spiro atoms. The number of carbonyl (C=O) groups is 1. The van der Waals surface area contributed by atoms with Crippen molar-refractivity contribution in [1.29, 1.82) is 0 Å². The van der Waals surface area contributed by atoms with Crippen LogP contribution in [0.3, 0.4) is 0 Å². The monoisotopic (exact) mass is 409 g/mol. The molecule has 6 heteroatoms. The predicted octanol–water partition coefficient (Wildman–Crippen LogP) is 3.50. The Morgan fingerprint density at radius 3 is 3.03 bits per heavy atom. The van der Waals surface area contributed by atoms with Crippen LogP contribution in [0.1, 0.15) is 47.9 Å². The molecule has 1 aromatic heterocycles. The van der Waals surface area contributed by atoms with Gasteiger partial charge in [0, 0.05) is 36.2 Å². The van der Waals surface area contributed by atoms with Crippen molar-refractivity contribution in [1.82, 2.24) is 9.88 Å². The van der Waals surface area contributed by atoms with Gasteiger partial charge in [0.25, 0.3) is 0 Å². The van der Waals surface area contributed by atoms with Gasteiger partial charge in [0.1, 0.15) is 5.75 Å². The fourth-order valence-electron chi connectivity index (χ4n) is 6.24. The van der Waals surface area contributed by atoms with Gasteiger partial charge in [0.15, 0.2) is 5.13 Å². The lowest BCUT2D eigenvalue weighted by atomic mass is 9.53. The second kappa shape index (κ2) is 6.29. The van der Waals surface area contributed by atoms with Gasteiger partial charge in [0.2, 0.25) is 5.91 Å². The molecule has 152 valence electrons. The molecule has 2 bridgehead atoms. The summed E-state index contributed by atoms with van der Waals surface area (Å²) in [7, 11) is 0. The van der Waals surface area contributed by atoms with Crippen LogP contribution in [0.15, 0.2) is 18.2 Å². The molecule has 6 rings (SSSR count). The van der Waals surface area contributed by atoms with E-state index in [9.17, 15) is 9.90 Å². The summed E-state index contributed by atoms with van der Waals surface area (Å²) in [6.45, 7) is 3.93. The molecule has 1 saturated carbocycles. The Balaban J connectivity index is 1.44. The van der Waals surface area contributed by atoms with Crippen LogP contribution >= 0.6 is 11.3 Å². The maximum atomic E-state index is 11.5. The molecule has 4 aliphatic rings. The molecular formula is C23H27N3O2S. The number of nitrogens with one attached hydrogen (secondary N) is 1. The molecule has 1 saturated heterocycles. The molecule has 2 N–H and O–H groups in total. The first-order valence-electron chi connectivity index (χ1n) is 10.8. The summed E-state index contributed by atoms with van der Waals surface area (Å²) in [6, 6.07) is 6.60. The molecule has 2 aromatic rings. The van der Waals surface area contributed by atoms with E-state index in [0.29, 0.717) is 17.7 Å². The van der Waals surface area contributed by atoms with Crippen LogP contribution in [0.5, 0.6) is 5.75 Å². The first-order valence-corrected chi connectivity index (χ1v) is 11.7. The molecule has 2 heterocycles. The van der Waals surface area contributed by atoms with Crippen LogP contribution in [0.25, 0.3) is 0 Å². The number of hydrogen-bond donors (Lipinski definition) is 2. The average Bonchev–Trinajstić information content (AvgIpc) is 3.41. The second-order valence-corrected chi connectivity index (χ2v) is 10.6. The molecule has 29 heavy (non-hydrogen) atoms. The number of nitrogens with zero attached hydrogens (tertiary/aromatic N) is 2. The van der Waals surface area contributed by atoms with Gasteiger partial charge in [-0.2, -0.15) is 0 Å². The predicted molar refractivity (Wildman–Crippen MR) is 114 cm³/mol. The number of phenols is 1. The van der Waals surface area contributed by atoms with E-state index >= 15 is 0 Å². The smallest absolute Gasteiger partial charge is 0.223 e. The molecule has 1 amide bonds. The van der Waals surface area contributed by atoms with Crippen LogP contribution in [0, 0.1) is 11.8 Å². The summed E-state index contributed by atoms with van der Waals surface area (Å²) in [5.41, 5.74) is 3.97. The zero-order valence-corrected chi connectivity index (χ0v) is 17.6. The fraction of sp³-hybridized carbons (Fsp3) is 0.565. The number of piperidine rings is 1. The Kier molecular flexibility index (Phi) is 3.88. The highest BCUT2D eigenvalue weighted by Crippen LogP contribution is 2.56. The molecular weight excluding hydrogens is 382 g/mol. The molecule has 1 aromatic carbocycles. The largest absolute Gasteiger partial charge is 0.508 e. The number of rotatable bonds is 3. The number of fused-ring (bicyclic) bond motifs is 2. The lowest BCUT2D eigenvalue weighted by Crippen LogP contribution is -2.62. The van der Waals surface area contributed by atoms with Crippen LogP contribution in [-0.4, -0.2) is 40.0 Å². The number of hydrogen-bond acceptors (Lipinski definition) is 5. The first kappa shape index (κ1) is 17.9. The maximum Gasteiger partial charge on any atom is 0.223 e. The van der Waals surface area contributed by atoms with Gasteiger partial charge in [-0.1, -0.05) is 6.07 Å². The van der Waals surface area contributed by atoms with Gasteiger partial charge in [-0.05, 0) is 73.7 Å². The Hall–Kier alpha value is -1.92. The van der Waals surface area contributed by atoms with Crippen molar-refractivity contribution in [3.05, 3.63) is 39.9 Å². The topological polar surface area (TPSA) is 65.5 Å². The summed E-state index contributed by atoms with van der Waals surface area (Å²) >= 11 is 1.66. The average molecular weight is 410 g/mol. The third-order valence-corrected chi connectivity index (χ3v) is 8.72. The number of amides is 1. The van der Waals surface area contributed by atoms with E-state index in [0.717, 1.165) is 49.0 Å². The van der Waals surface area contributed by atoms with Crippen LogP contribution in [0.2, 0.25) is 0 Å². The number of thiazole rings is 1. The van der Waals surface area contributed by atoms with Crippen LogP contribution in [0.4, 0.5) is 5.13 Å². The SMILES string of the molecule is CC(=O)Nc1nc2c(s1)C[C@H]1[C@H]3Cc4ccc(O)cc4[C@@]1(CCN3CC1CC1)C2. The standard InChI is InChI=1S/C23H27N3O2S/c1-13(27)24-22-25-19-11-23-6-7-26(12-14-2-3-14)20(18(23)10-21(19)29-22)8-15-4-5-16(28)9-17(15)23/h4-5,9,14,18,20,28H,2-3,6-8,10-12H2,1H3,(H,24,25,27)/t18-,20+,23+/m0/s1. The minimum absolute atomic E-state index is 0.0590. The van der Waals surface area contributed by atoms with Crippen molar-refractivity contribution in [3.8, 4) is 5.75 Å². The van der Waals surface area contributed by atoms with Crippen molar-refractivity contribution in [2.75, 3.05) is 18.4 Å². The minimum Gasteiger partial charge on any atom is -0.508 e. The van der Waals surface area contributed by atoms with E-state index in [4.69, 9.17) is 4.98 Å². The van der Waals surface area contributed by atoms with E-state index in [1.165, 1.54) is 35.4 Å². The number of carbonyl (C=O) groups excluding carboxylic acids is 1. The fourth-order valence-corrected chi connectivity index (χ4v) is 7.32. The maximum absolute atomic E-state index is 11.5. The molecule has 0 radical (unpaired) electrons. The number of aromatic hydroxyl groups is 1. The molecule has 2 fully saturated rings. The first-order chi connectivity index (χ1) is 14.0. The van der Waals surface area contributed by atoms with Gasteiger partial charge in [0.05, 0.1) is 5.69 Å². The normalized spacial score (nSPS) is 30.2. The van der Waals surface area contributed by atoms with Gasteiger partial charge < -0.3 is 10.4 Å². The highest BCUT2D eigenvalue weighted by Gasteiger charge is 2.56. The van der Waals surface area contributed by atoms with Crippen molar-refractivity contribution < 1.29 is 9.90 Å². The van der Waals surface area contributed by atoms with Gasteiger partial charge in [-0.15, -0.1) is 11.3 Å². The Morgan fingerprint density at radius 2 is 2.24 bits per heavy atom. The summed E-state index contributed by atoms with van der Waals surface area (Å²) in [6.07, 6.45) is 6.96. The van der Waals surface area contributed by atoms with Crippen molar-refractivity contribution in [2.24, 2.45) is 11.8 Å². The molecule has 3 aliphatic carbocycles. The third kappa shape index (κ3) is 2.83. The number of likely N-dealkylation sites (tertiary alicyclic amines) is 1. The van der Waals surface area contributed by atoms with E-state index < -0.39 is 0 Å². The molecule has 5 nitrogen and oxygen atoms in total. The van der Waals surface area contributed by atoms with Crippen molar-refractivity contribution >= 4 is 22.4 Å². The van der Waals surface area contributed by atoms with E-state index in [2.05, 4.69) is 16.3 Å². The zero-order valence-electron chi connectivity index (χ0n) is 16.8. The highest BCUT2D eigenvalue weighted by molar-refractivity contribution is 7.15. The van der Waals surface area contributed by atoms with Gasteiger partial charge in [-0.25, -0.2) is 4.98 Å². The van der Waals surface area contributed by atoms with Gasteiger partial charge in [-0.3, -0.25) is 9.69 Å². The van der Waals surface area contributed by atoms with Crippen molar-refractivity contribution in [3.63, 3.8) is 0 Å². The summed E-state index contributed by atoms with van der Waals surface area (Å²) in [5.74, 6) is 1.77. The van der Waals surface area contributed by atoms with Gasteiger partial charge >= 0.3 is 0 Å². The second-order valence-electron chi connectivity index (χ2n) is 9.51. The number of aromatic nitrogens is 1. The van der Waals surface area contributed by atoms with E-state index in [-0.39, 0.29) is 11.3 Å². The molecule has 0 unspecified atom stereocenters. The Morgan fingerprint density at radius 1 is 1.38 bits per heavy atom. The highest BCUT2D eigenvalue weighted by atomic mass is 32.1. The minimum atomic E-state index is -0.0590. The number of benzene rings is 1.